The standard InChI is InChI=1S/C28H26N2O9/c1-30(2)17-10-15(11-3-5-12(6-4-11)27(37)38)22(32)20-16(17)8-13-7-14-9-18(31)21(26(29)36)25(35)28(14,39)24(34)19(13)23(20)33/h3-6,10,13-14,32-33,35,39H,7-9H2,1-2H3,(H2,29,36)(H,37,38)/t13-,14+,28+/m1/s1. The first-order valence-electron chi connectivity index (χ1n) is 12.2. The molecule has 0 heterocycles. The monoisotopic (exact) mass is 534 g/mol. The predicted molar refractivity (Wildman–Crippen MR) is 138 cm³/mol. The molecule has 202 valence electrons. The summed E-state index contributed by atoms with van der Waals surface area (Å²) in [7, 11) is 3.53. The number of nitrogens with zero attached hydrogens (tertiary/aromatic N) is 1. The lowest BCUT2D eigenvalue weighted by Crippen LogP contribution is -2.58. The summed E-state index contributed by atoms with van der Waals surface area (Å²) < 4.78 is 0. The lowest BCUT2D eigenvalue weighted by atomic mass is 9.59. The molecule has 1 saturated carbocycles. The molecule has 3 aliphatic carbocycles. The maximum Gasteiger partial charge on any atom is 0.335 e. The van der Waals surface area contributed by atoms with Gasteiger partial charge < -0.3 is 36.2 Å². The van der Waals surface area contributed by atoms with E-state index < -0.39 is 58.0 Å². The number of phenolic OH excluding ortho intramolecular Hbond substituents is 1. The third-order valence-electron chi connectivity index (χ3n) is 7.96. The largest absolute Gasteiger partial charge is 0.508 e. The van der Waals surface area contributed by atoms with Crippen molar-refractivity contribution in [3.8, 4) is 16.9 Å². The van der Waals surface area contributed by atoms with Crippen molar-refractivity contribution in [2.24, 2.45) is 17.6 Å². The summed E-state index contributed by atoms with van der Waals surface area (Å²) in [5.41, 5.74) is 3.39. The number of hydrogen-bond donors (Lipinski definition) is 6. The van der Waals surface area contributed by atoms with Crippen LogP contribution in [0.1, 0.15) is 34.3 Å². The molecule has 0 saturated heterocycles. The maximum absolute atomic E-state index is 13.7. The Labute approximate surface area is 222 Å². The number of phenols is 1. The Hall–Kier alpha value is -4.64. The molecular weight excluding hydrogens is 508 g/mol. The van der Waals surface area contributed by atoms with E-state index in [-0.39, 0.29) is 47.3 Å². The third-order valence-corrected chi connectivity index (χ3v) is 7.96. The van der Waals surface area contributed by atoms with Crippen molar-refractivity contribution in [3.63, 3.8) is 0 Å². The van der Waals surface area contributed by atoms with Crippen LogP contribution in [0.4, 0.5) is 5.69 Å². The zero-order valence-electron chi connectivity index (χ0n) is 21.1. The average molecular weight is 535 g/mol. The van der Waals surface area contributed by atoms with Crippen molar-refractivity contribution in [1.29, 1.82) is 0 Å². The molecule has 0 radical (unpaired) electrons. The molecule has 1 fully saturated rings. The molecule has 11 nitrogen and oxygen atoms in total. The molecule has 7 N–H and O–H groups in total. The van der Waals surface area contributed by atoms with Gasteiger partial charge in [-0.15, -0.1) is 0 Å². The van der Waals surface area contributed by atoms with Gasteiger partial charge in [-0.1, -0.05) is 12.1 Å². The van der Waals surface area contributed by atoms with Gasteiger partial charge in [0.2, 0.25) is 5.78 Å². The molecule has 2 aromatic carbocycles. The van der Waals surface area contributed by atoms with Crippen molar-refractivity contribution in [2.75, 3.05) is 19.0 Å². The number of aromatic hydroxyl groups is 1. The van der Waals surface area contributed by atoms with Crippen LogP contribution in [0.2, 0.25) is 0 Å². The normalized spacial score (nSPS) is 24.2. The summed E-state index contributed by atoms with van der Waals surface area (Å²) in [5.74, 6) is -8.02. The van der Waals surface area contributed by atoms with E-state index in [1.807, 2.05) is 0 Å². The number of carboxylic acids is 1. The number of Topliss-reactive ketones (excluding diaryl/α,β-unsaturated/α-hetero) is 2. The van der Waals surface area contributed by atoms with Crippen LogP contribution in [-0.2, 0) is 20.8 Å². The van der Waals surface area contributed by atoms with E-state index in [0.717, 1.165) is 0 Å². The lowest BCUT2D eigenvalue weighted by molar-refractivity contribution is -0.147. The van der Waals surface area contributed by atoms with Gasteiger partial charge in [0.05, 0.1) is 11.1 Å². The summed E-state index contributed by atoms with van der Waals surface area (Å²) in [6, 6.07) is 7.45. The molecule has 39 heavy (non-hydrogen) atoms. The molecular formula is C28H26N2O9. The van der Waals surface area contributed by atoms with Gasteiger partial charge in [0.1, 0.15) is 22.8 Å². The van der Waals surface area contributed by atoms with Crippen LogP contribution < -0.4 is 10.6 Å². The number of ketones is 2. The van der Waals surface area contributed by atoms with Gasteiger partial charge in [-0.05, 0) is 48.1 Å². The molecule has 1 amide bonds. The molecule has 3 aliphatic rings. The number of anilines is 1. The Morgan fingerprint density at radius 3 is 2.26 bits per heavy atom. The van der Waals surface area contributed by atoms with Crippen molar-refractivity contribution in [3.05, 3.63) is 63.9 Å². The molecule has 0 aliphatic heterocycles. The average Bonchev–Trinajstić information content (AvgIpc) is 2.86. The van der Waals surface area contributed by atoms with E-state index in [9.17, 15) is 44.7 Å². The molecule has 3 atom stereocenters. The number of aromatic carboxylic acids is 1. The van der Waals surface area contributed by atoms with Crippen molar-refractivity contribution < 1.29 is 44.7 Å². The zero-order chi connectivity index (χ0) is 28.5. The van der Waals surface area contributed by atoms with E-state index in [1.165, 1.54) is 24.3 Å². The van der Waals surface area contributed by atoms with Crippen LogP contribution >= 0.6 is 0 Å². The summed E-state index contributed by atoms with van der Waals surface area (Å²) in [4.78, 5) is 51.1. The van der Waals surface area contributed by atoms with E-state index in [0.29, 0.717) is 16.8 Å². The number of benzene rings is 2. The number of rotatable bonds is 4. The second-order valence-electron chi connectivity index (χ2n) is 10.3. The van der Waals surface area contributed by atoms with Crippen molar-refractivity contribution in [1.82, 2.24) is 0 Å². The lowest BCUT2D eigenvalue weighted by Gasteiger charge is -2.46. The number of aliphatic hydroxyl groups is 3. The second kappa shape index (κ2) is 8.70. The van der Waals surface area contributed by atoms with Crippen LogP contribution in [0.25, 0.3) is 16.9 Å². The third kappa shape index (κ3) is 3.61. The molecule has 0 unspecified atom stereocenters. The van der Waals surface area contributed by atoms with Gasteiger partial charge in [0, 0.05) is 43.3 Å². The highest BCUT2D eigenvalue weighted by Crippen LogP contribution is 2.54. The number of carboxylic acid groups (broad SMARTS) is 1. The first kappa shape index (κ1) is 26.0. The zero-order valence-corrected chi connectivity index (χ0v) is 21.1. The SMILES string of the molecule is CN(C)c1cc(-c2ccc(C(=O)O)cc2)c(O)c2c1C[C@H]1C[C@H]3CC(=O)C(C(N)=O)=C(O)[C@@]3(O)C(=O)C1=C2O. The Morgan fingerprint density at radius 2 is 1.69 bits per heavy atom. The number of hydrogen-bond acceptors (Lipinski definition) is 9. The Bertz CT molecular complexity index is 1550. The first-order chi connectivity index (χ1) is 18.3. The first-order valence-corrected chi connectivity index (χ1v) is 12.2. The Kier molecular flexibility index (Phi) is 5.80. The molecule has 2 aromatic rings. The summed E-state index contributed by atoms with van der Waals surface area (Å²) in [5, 5.41) is 54.1. The van der Waals surface area contributed by atoms with Crippen molar-refractivity contribution >= 4 is 34.9 Å². The van der Waals surface area contributed by atoms with Crippen LogP contribution in [0.5, 0.6) is 5.75 Å². The highest BCUT2D eigenvalue weighted by Gasteiger charge is 2.60. The number of fused-ring (bicyclic) bond motifs is 3. The minimum Gasteiger partial charge on any atom is -0.508 e. The van der Waals surface area contributed by atoms with Gasteiger partial charge >= 0.3 is 5.97 Å². The number of carbonyl (C=O) groups is 4. The predicted octanol–water partition coefficient (Wildman–Crippen LogP) is 1.86. The Balaban J connectivity index is 1.73. The molecule has 0 spiro atoms. The fourth-order valence-electron chi connectivity index (χ4n) is 6.08. The van der Waals surface area contributed by atoms with Gasteiger partial charge in [-0.2, -0.15) is 0 Å². The molecule has 11 heteroatoms. The van der Waals surface area contributed by atoms with Crippen LogP contribution in [0.3, 0.4) is 0 Å². The maximum atomic E-state index is 13.7. The summed E-state index contributed by atoms with van der Waals surface area (Å²) in [6.07, 6.45) is -0.179. The van der Waals surface area contributed by atoms with E-state index in [2.05, 4.69) is 0 Å². The fourth-order valence-corrected chi connectivity index (χ4v) is 6.08. The highest BCUT2D eigenvalue weighted by molar-refractivity contribution is 6.22. The molecule has 5 rings (SSSR count). The highest BCUT2D eigenvalue weighted by atomic mass is 16.4. The topological polar surface area (TPSA) is 199 Å². The molecule has 0 bridgehead atoms. The fraction of sp³-hybridized carbons (Fsp3) is 0.286. The summed E-state index contributed by atoms with van der Waals surface area (Å²) >= 11 is 0. The summed E-state index contributed by atoms with van der Waals surface area (Å²) in [6.45, 7) is 0. The van der Waals surface area contributed by atoms with Crippen molar-refractivity contribution in [2.45, 2.75) is 24.9 Å². The minimum atomic E-state index is -2.64. The van der Waals surface area contributed by atoms with Crippen LogP contribution in [0.15, 0.2) is 47.2 Å². The van der Waals surface area contributed by atoms with E-state index >= 15 is 0 Å². The number of aliphatic hydroxyl groups excluding tert-OH is 2. The van der Waals surface area contributed by atoms with E-state index in [4.69, 9.17) is 5.73 Å². The van der Waals surface area contributed by atoms with Gasteiger partial charge in [0.15, 0.2) is 11.4 Å². The van der Waals surface area contributed by atoms with Gasteiger partial charge in [-0.25, -0.2) is 4.79 Å². The number of carbonyl (C=O) groups excluding carboxylic acids is 3. The van der Waals surface area contributed by atoms with E-state index in [1.54, 1.807) is 25.1 Å². The van der Waals surface area contributed by atoms with Gasteiger partial charge in [0.25, 0.3) is 5.91 Å². The van der Waals surface area contributed by atoms with Crippen LogP contribution in [0, 0.1) is 11.8 Å². The van der Waals surface area contributed by atoms with Crippen LogP contribution in [-0.4, -0.2) is 68.7 Å². The molecule has 0 aromatic heterocycles. The number of nitrogens with two attached hydrogens (primary N) is 1. The van der Waals surface area contributed by atoms with Gasteiger partial charge in [-0.3, -0.25) is 14.4 Å². The second-order valence-corrected chi connectivity index (χ2v) is 10.3. The quantitative estimate of drug-likeness (QED) is 0.315. The minimum absolute atomic E-state index is 0.0364. The number of primary amides is 1. The Morgan fingerprint density at radius 1 is 1.05 bits per heavy atom. The number of amides is 1. The smallest absolute Gasteiger partial charge is 0.335 e.